The maximum atomic E-state index is 13.2. The monoisotopic (exact) mass is 599 g/mol. The first-order valence-electron chi connectivity index (χ1n) is 10.4. The number of rotatable bonds is 8. The number of benzene rings is 2. The standard InChI is InChI=1S/C23H20BrCl2N3O3S2/c1-2-3-10-19-27-22(26)21(23(30)28-34(31,32)16-7-4-6-15(24)11-16)29(19)12-14-13-33-18-9-5-8-17(25)20(14)18/h4-9,11,13H,2-3,10,12H2,1H3,(H,28,30). The number of fused-ring (bicyclic) bond motifs is 1. The third-order valence-corrected chi connectivity index (χ3v) is 8.66. The molecular formula is C23H20BrCl2N3O3S2. The number of sulfonamides is 1. The molecular weight excluding hydrogens is 581 g/mol. The molecule has 0 atom stereocenters. The van der Waals surface area contributed by atoms with E-state index in [1.54, 1.807) is 28.0 Å². The van der Waals surface area contributed by atoms with Gasteiger partial charge in [0.15, 0.2) is 5.15 Å². The number of hydrogen-bond donors (Lipinski definition) is 1. The number of aromatic nitrogens is 2. The van der Waals surface area contributed by atoms with Crippen molar-refractivity contribution in [2.24, 2.45) is 0 Å². The molecule has 2 heterocycles. The lowest BCUT2D eigenvalue weighted by atomic mass is 10.1. The van der Waals surface area contributed by atoms with E-state index in [1.165, 1.54) is 12.1 Å². The number of nitrogens with one attached hydrogen (secondary N) is 1. The maximum Gasteiger partial charge on any atom is 0.284 e. The zero-order valence-electron chi connectivity index (χ0n) is 18.0. The van der Waals surface area contributed by atoms with Crippen LogP contribution in [-0.4, -0.2) is 23.9 Å². The van der Waals surface area contributed by atoms with Gasteiger partial charge in [0.05, 0.1) is 11.4 Å². The molecule has 0 unspecified atom stereocenters. The van der Waals surface area contributed by atoms with E-state index in [0.717, 1.165) is 28.5 Å². The zero-order chi connectivity index (χ0) is 24.5. The largest absolute Gasteiger partial charge is 0.318 e. The molecule has 178 valence electrons. The normalized spacial score (nSPS) is 11.8. The van der Waals surface area contributed by atoms with Crippen LogP contribution in [0, 0.1) is 0 Å². The summed E-state index contributed by atoms with van der Waals surface area (Å²) in [7, 11) is -4.12. The predicted octanol–water partition coefficient (Wildman–Crippen LogP) is 6.68. The Morgan fingerprint density at radius 1 is 1.21 bits per heavy atom. The van der Waals surface area contributed by atoms with Crippen LogP contribution in [0.2, 0.25) is 10.2 Å². The number of carbonyl (C=O) groups is 1. The number of imidazole rings is 1. The van der Waals surface area contributed by atoms with E-state index in [0.29, 0.717) is 21.7 Å². The Morgan fingerprint density at radius 2 is 1.97 bits per heavy atom. The summed E-state index contributed by atoms with van der Waals surface area (Å²) in [6, 6.07) is 11.8. The smallest absolute Gasteiger partial charge is 0.284 e. The van der Waals surface area contributed by atoms with Crippen molar-refractivity contribution in [1.82, 2.24) is 14.3 Å². The van der Waals surface area contributed by atoms with E-state index >= 15 is 0 Å². The summed E-state index contributed by atoms with van der Waals surface area (Å²) in [6.07, 6.45) is 2.37. The van der Waals surface area contributed by atoms with Crippen LogP contribution in [0.1, 0.15) is 41.6 Å². The van der Waals surface area contributed by atoms with Crippen LogP contribution in [0.3, 0.4) is 0 Å². The third-order valence-electron chi connectivity index (χ3n) is 5.26. The number of carbonyl (C=O) groups excluding carboxylic acids is 1. The number of amides is 1. The SMILES string of the molecule is CCCCc1nc(Cl)c(C(=O)NS(=O)(=O)c2cccc(Br)c2)n1Cc1csc2cccc(Cl)c12. The van der Waals surface area contributed by atoms with Crippen molar-refractivity contribution in [3.8, 4) is 0 Å². The van der Waals surface area contributed by atoms with Gasteiger partial charge in [0.25, 0.3) is 15.9 Å². The Kier molecular flexibility index (Phi) is 7.69. The number of nitrogens with zero attached hydrogens (tertiary/aromatic N) is 2. The lowest BCUT2D eigenvalue weighted by Gasteiger charge is -2.13. The van der Waals surface area contributed by atoms with Crippen LogP contribution in [0.5, 0.6) is 0 Å². The van der Waals surface area contributed by atoms with E-state index in [4.69, 9.17) is 23.2 Å². The predicted molar refractivity (Wildman–Crippen MR) is 141 cm³/mol. The quantitative estimate of drug-likeness (QED) is 0.245. The van der Waals surface area contributed by atoms with Crippen LogP contribution < -0.4 is 4.72 Å². The van der Waals surface area contributed by atoms with Gasteiger partial charge >= 0.3 is 0 Å². The highest BCUT2D eigenvalue weighted by molar-refractivity contribution is 9.10. The molecule has 11 heteroatoms. The van der Waals surface area contributed by atoms with Gasteiger partial charge in [-0.2, -0.15) is 0 Å². The van der Waals surface area contributed by atoms with Crippen LogP contribution >= 0.6 is 50.5 Å². The number of aryl methyl sites for hydroxylation is 1. The van der Waals surface area contributed by atoms with Gasteiger partial charge in [0.2, 0.25) is 0 Å². The van der Waals surface area contributed by atoms with Gasteiger partial charge in [-0.25, -0.2) is 18.1 Å². The molecule has 1 amide bonds. The second-order valence-electron chi connectivity index (χ2n) is 7.62. The molecule has 0 saturated carbocycles. The van der Waals surface area contributed by atoms with E-state index in [-0.39, 0.29) is 22.3 Å². The van der Waals surface area contributed by atoms with Crippen molar-refractivity contribution in [2.45, 2.75) is 37.6 Å². The molecule has 1 N–H and O–H groups in total. The lowest BCUT2D eigenvalue weighted by molar-refractivity contribution is 0.0972. The van der Waals surface area contributed by atoms with Crippen LogP contribution in [0.25, 0.3) is 10.1 Å². The number of thiophene rings is 1. The Hall–Kier alpha value is -1.91. The fraction of sp³-hybridized carbons (Fsp3) is 0.217. The van der Waals surface area contributed by atoms with Gasteiger partial charge in [-0.1, -0.05) is 64.6 Å². The summed E-state index contributed by atoms with van der Waals surface area (Å²) in [5, 5.41) is 3.44. The highest BCUT2D eigenvalue weighted by Crippen LogP contribution is 2.33. The van der Waals surface area contributed by atoms with Gasteiger partial charge in [-0.3, -0.25) is 4.79 Å². The number of halogens is 3. The molecule has 0 fully saturated rings. The lowest BCUT2D eigenvalue weighted by Crippen LogP contribution is -2.32. The van der Waals surface area contributed by atoms with Crippen molar-refractivity contribution in [3.63, 3.8) is 0 Å². The highest BCUT2D eigenvalue weighted by Gasteiger charge is 2.27. The van der Waals surface area contributed by atoms with Crippen molar-refractivity contribution < 1.29 is 13.2 Å². The average molecular weight is 601 g/mol. The first-order valence-corrected chi connectivity index (χ1v) is 14.3. The summed E-state index contributed by atoms with van der Waals surface area (Å²) in [6.45, 7) is 2.33. The Balaban J connectivity index is 1.75. The molecule has 2 aromatic heterocycles. The molecule has 6 nitrogen and oxygen atoms in total. The highest BCUT2D eigenvalue weighted by atomic mass is 79.9. The van der Waals surface area contributed by atoms with Gasteiger partial charge in [-0.05, 0) is 47.7 Å². The zero-order valence-corrected chi connectivity index (χ0v) is 22.7. The first-order chi connectivity index (χ1) is 16.2. The summed E-state index contributed by atoms with van der Waals surface area (Å²) >= 11 is 17.7. The Bertz CT molecular complexity index is 1480. The Labute approximate surface area is 220 Å². The molecule has 4 rings (SSSR count). The van der Waals surface area contributed by atoms with Crippen molar-refractivity contribution in [2.75, 3.05) is 0 Å². The summed E-state index contributed by atoms with van der Waals surface area (Å²) in [5.41, 5.74) is 0.902. The molecule has 0 aliphatic rings. The minimum absolute atomic E-state index is 0.00209. The molecule has 0 aliphatic carbocycles. The Morgan fingerprint density at radius 3 is 2.71 bits per heavy atom. The molecule has 4 aromatic rings. The summed E-state index contributed by atoms with van der Waals surface area (Å²) in [4.78, 5) is 17.6. The van der Waals surface area contributed by atoms with Crippen LogP contribution in [0.4, 0.5) is 0 Å². The van der Waals surface area contributed by atoms with E-state index in [1.807, 2.05) is 23.6 Å². The third kappa shape index (κ3) is 5.18. The number of hydrogen-bond acceptors (Lipinski definition) is 5. The van der Waals surface area contributed by atoms with E-state index in [9.17, 15) is 13.2 Å². The fourth-order valence-corrected chi connectivity index (χ4v) is 6.80. The maximum absolute atomic E-state index is 13.2. The molecule has 0 bridgehead atoms. The average Bonchev–Trinajstić information content (AvgIpc) is 3.33. The second-order valence-corrected chi connectivity index (χ2v) is 11.9. The second kappa shape index (κ2) is 10.4. The molecule has 0 aliphatic heterocycles. The number of unbranched alkanes of at least 4 members (excludes halogenated alkanes) is 1. The molecule has 34 heavy (non-hydrogen) atoms. The van der Waals surface area contributed by atoms with Crippen molar-refractivity contribution in [3.05, 3.63) is 79.6 Å². The fourth-order valence-electron chi connectivity index (χ4n) is 3.64. The summed E-state index contributed by atoms with van der Waals surface area (Å²) in [5.74, 6) is -0.228. The van der Waals surface area contributed by atoms with Gasteiger partial charge in [0, 0.05) is 26.0 Å². The van der Waals surface area contributed by atoms with E-state index < -0.39 is 15.9 Å². The minimum Gasteiger partial charge on any atom is -0.318 e. The summed E-state index contributed by atoms with van der Waals surface area (Å²) < 4.78 is 31.2. The minimum atomic E-state index is -4.12. The molecule has 0 radical (unpaired) electrons. The van der Waals surface area contributed by atoms with Gasteiger partial charge < -0.3 is 4.57 Å². The van der Waals surface area contributed by atoms with Crippen molar-refractivity contribution in [1.29, 1.82) is 0 Å². The first kappa shape index (κ1) is 25.2. The van der Waals surface area contributed by atoms with Crippen molar-refractivity contribution >= 4 is 76.5 Å². The molecule has 0 saturated heterocycles. The van der Waals surface area contributed by atoms with Crippen LogP contribution in [0.15, 0.2) is 57.2 Å². The molecule has 0 spiro atoms. The van der Waals surface area contributed by atoms with Gasteiger partial charge in [0.1, 0.15) is 11.5 Å². The van der Waals surface area contributed by atoms with Crippen LogP contribution in [-0.2, 0) is 23.0 Å². The molecule has 2 aromatic carbocycles. The topological polar surface area (TPSA) is 81.1 Å². The van der Waals surface area contributed by atoms with E-state index in [2.05, 4.69) is 32.6 Å². The van der Waals surface area contributed by atoms with Gasteiger partial charge in [-0.15, -0.1) is 11.3 Å².